The molecule has 2 heterocycles. The zero-order chi connectivity index (χ0) is 32.2. The molecule has 2 aliphatic carbocycles. The quantitative estimate of drug-likeness (QED) is 0.396. The molecule has 240 valence electrons. The highest BCUT2D eigenvalue weighted by Crippen LogP contribution is 2.48. The van der Waals surface area contributed by atoms with E-state index in [0.717, 1.165) is 0 Å². The van der Waals surface area contributed by atoms with E-state index in [1.165, 1.54) is 30.3 Å². The number of nitrogens with zero attached hydrogens (tertiary/aromatic N) is 2. The third-order valence-electron chi connectivity index (χ3n) is 9.63. The molecule has 1 saturated heterocycles. The number of hydrogen-bond donors (Lipinski definition) is 1. The Morgan fingerprint density at radius 3 is 2.48 bits per heavy atom. The summed E-state index contributed by atoms with van der Waals surface area (Å²) in [5, 5.41) is 3.11. The molecular formula is C32H42FN3O7S. The van der Waals surface area contributed by atoms with Gasteiger partial charge in [-0.15, -0.1) is 0 Å². The van der Waals surface area contributed by atoms with Crippen molar-refractivity contribution in [2.75, 3.05) is 19.4 Å². The Balaban J connectivity index is 1.41. The van der Waals surface area contributed by atoms with Crippen LogP contribution in [-0.4, -0.2) is 78.2 Å². The molecule has 5 rings (SSSR count). The first-order valence-electron chi connectivity index (χ1n) is 15.3. The van der Waals surface area contributed by atoms with E-state index in [1.807, 2.05) is 34.6 Å². The summed E-state index contributed by atoms with van der Waals surface area (Å²) in [6, 6.07) is 3.70. The monoisotopic (exact) mass is 631 g/mol. The highest BCUT2D eigenvalue weighted by molar-refractivity contribution is 7.93. The van der Waals surface area contributed by atoms with Gasteiger partial charge in [0.1, 0.15) is 23.4 Å². The first-order chi connectivity index (χ1) is 20.6. The molecule has 0 radical (unpaired) electrons. The van der Waals surface area contributed by atoms with Gasteiger partial charge in [-0.2, -0.15) is 0 Å². The van der Waals surface area contributed by atoms with E-state index < -0.39 is 62.0 Å². The number of methoxy groups -OCH3 is 1. The smallest absolute Gasteiger partial charge is 0.243 e. The molecule has 0 unspecified atom stereocenters. The predicted octanol–water partition coefficient (Wildman–Crippen LogP) is 3.84. The first kappa shape index (κ1) is 32.1. The molecule has 2 amide bonds. The van der Waals surface area contributed by atoms with Crippen LogP contribution >= 0.6 is 0 Å². The maximum absolute atomic E-state index is 15.0. The second-order valence-corrected chi connectivity index (χ2v) is 15.8. The lowest BCUT2D eigenvalue weighted by Gasteiger charge is -2.33. The number of amides is 2. The fraction of sp³-hybridized carbons (Fsp3) is 0.625. The van der Waals surface area contributed by atoms with E-state index in [4.69, 9.17) is 9.47 Å². The third kappa shape index (κ3) is 6.01. The predicted molar refractivity (Wildman–Crippen MR) is 162 cm³/mol. The van der Waals surface area contributed by atoms with Gasteiger partial charge in [0.25, 0.3) is 0 Å². The number of fused-ring (bicyclic) bond motifs is 1. The molecule has 44 heavy (non-hydrogen) atoms. The van der Waals surface area contributed by atoms with Gasteiger partial charge < -0.3 is 19.7 Å². The van der Waals surface area contributed by atoms with Crippen molar-refractivity contribution in [3.8, 4) is 11.6 Å². The highest BCUT2D eigenvalue weighted by atomic mass is 32.2. The van der Waals surface area contributed by atoms with Crippen molar-refractivity contribution in [3.63, 3.8) is 0 Å². The normalized spacial score (nSPS) is 25.9. The summed E-state index contributed by atoms with van der Waals surface area (Å²) in [5.74, 6) is -2.74. The van der Waals surface area contributed by atoms with Crippen molar-refractivity contribution < 1.29 is 36.7 Å². The SMILES string of the molecule is CC[C@@H]1C[C@]1(NC(=O)[C@@H]1C[C@@H](Oc2nccc3c(F)c(OC)ccc23)CN1C(=O)[C@@H](C)C(C)(C)C)C(=O)CS(=O)(=O)C1CC1. The average Bonchev–Trinajstić information content (AvgIpc) is 3.89. The van der Waals surface area contributed by atoms with Gasteiger partial charge in [-0.25, -0.2) is 17.8 Å². The van der Waals surface area contributed by atoms with Crippen LogP contribution in [0.1, 0.15) is 66.7 Å². The minimum atomic E-state index is -3.56. The molecule has 5 atom stereocenters. The van der Waals surface area contributed by atoms with E-state index in [2.05, 4.69) is 10.3 Å². The molecule has 0 bridgehead atoms. The number of halogens is 1. The van der Waals surface area contributed by atoms with Crippen LogP contribution in [0.2, 0.25) is 0 Å². The summed E-state index contributed by atoms with van der Waals surface area (Å²) in [6.45, 7) is 9.64. The number of benzene rings is 1. The van der Waals surface area contributed by atoms with Crippen LogP contribution in [0, 0.1) is 23.1 Å². The Morgan fingerprint density at radius 2 is 1.89 bits per heavy atom. The maximum atomic E-state index is 15.0. The van der Waals surface area contributed by atoms with Crippen molar-refractivity contribution in [1.82, 2.24) is 15.2 Å². The molecule has 0 spiro atoms. The number of ketones is 1. The summed E-state index contributed by atoms with van der Waals surface area (Å²) in [6.07, 6.45) is 2.98. The van der Waals surface area contributed by atoms with Crippen LogP contribution < -0.4 is 14.8 Å². The van der Waals surface area contributed by atoms with E-state index in [0.29, 0.717) is 31.1 Å². The maximum Gasteiger partial charge on any atom is 0.243 e. The number of hydrogen-bond acceptors (Lipinski definition) is 8. The Kier molecular flexibility index (Phi) is 8.45. The van der Waals surface area contributed by atoms with Crippen molar-refractivity contribution in [2.24, 2.45) is 17.3 Å². The Bertz CT molecular complexity index is 1590. The minimum Gasteiger partial charge on any atom is -0.494 e. The third-order valence-corrected chi connectivity index (χ3v) is 11.8. The number of pyridine rings is 1. The lowest BCUT2D eigenvalue weighted by Crippen LogP contribution is -2.55. The molecule has 3 fully saturated rings. The lowest BCUT2D eigenvalue weighted by molar-refractivity contribution is -0.144. The van der Waals surface area contributed by atoms with Gasteiger partial charge in [-0.05, 0) is 48.8 Å². The van der Waals surface area contributed by atoms with Gasteiger partial charge >= 0.3 is 0 Å². The van der Waals surface area contributed by atoms with Gasteiger partial charge in [-0.3, -0.25) is 14.4 Å². The number of sulfone groups is 1. The number of ether oxygens (including phenoxy) is 2. The van der Waals surface area contributed by atoms with Crippen LogP contribution in [0.25, 0.3) is 10.8 Å². The molecular weight excluding hydrogens is 589 g/mol. The van der Waals surface area contributed by atoms with Gasteiger partial charge in [0.2, 0.25) is 17.7 Å². The van der Waals surface area contributed by atoms with Crippen LogP contribution in [0.15, 0.2) is 24.4 Å². The number of carbonyl (C=O) groups is 3. The van der Waals surface area contributed by atoms with Crippen molar-refractivity contribution in [1.29, 1.82) is 0 Å². The van der Waals surface area contributed by atoms with Crippen molar-refractivity contribution in [3.05, 3.63) is 30.2 Å². The van der Waals surface area contributed by atoms with Crippen LogP contribution in [-0.2, 0) is 24.2 Å². The molecule has 1 aromatic heterocycles. The second kappa shape index (κ2) is 11.6. The van der Waals surface area contributed by atoms with Gasteiger partial charge in [0.15, 0.2) is 27.2 Å². The van der Waals surface area contributed by atoms with Crippen LogP contribution in [0.3, 0.4) is 0 Å². The van der Waals surface area contributed by atoms with E-state index in [-0.39, 0.29) is 47.2 Å². The second-order valence-electron chi connectivity index (χ2n) is 13.6. The van der Waals surface area contributed by atoms with Gasteiger partial charge in [0.05, 0.1) is 18.9 Å². The van der Waals surface area contributed by atoms with Gasteiger partial charge in [0, 0.05) is 29.3 Å². The van der Waals surface area contributed by atoms with E-state index in [9.17, 15) is 27.2 Å². The number of Topliss-reactive ketones (excluding diaryl/α,β-unsaturated/α-hetero) is 1. The van der Waals surface area contributed by atoms with E-state index in [1.54, 1.807) is 6.07 Å². The number of nitrogens with one attached hydrogen (secondary N) is 1. The molecule has 2 aromatic rings. The molecule has 1 aliphatic heterocycles. The largest absolute Gasteiger partial charge is 0.494 e. The summed E-state index contributed by atoms with van der Waals surface area (Å²) in [4.78, 5) is 47.0. The summed E-state index contributed by atoms with van der Waals surface area (Å²) >= 11 is 0. The molecule has 10 nitrogen and oxygen atoms in total. The first-order valence-corrected chi connectivity index (χ1v) is 17.0. The molecule has 1 N–H and O–H groups in total. The van der Waals surface area contributed by atoms with Crippen molar-refractivity contribution >= 4 is 38.2 Å². The minimum absolute atomic E-state index is 0.0825. The number of carbonyl (C=O) groups excluding carboxylic acids is 3. The lowest BCUT2D eigenvalue weighted by atomic mass is 9.81. The molecule has 1 aromatic carbocycles. The molecule has 2 saturated carbocycles. The van der Waals surface area contributed by atoms with Crippen LogP contribution in [0.4, 0.5) is 4.39 Å². The Hall–Kier alpha value is -3.28. The standard InChI is InChI=1S/C32H42FN3O7S/c1-7-19-15-32(19,26(37)17-44(40,41)21-8-9-21)35-28(38)24-14-20(16-36(24)30(39)18(2)31(3,4)5)43-29-23-10-11-25(42-6)27(33)22(23)12-13-34-29/h10-13,18-21,24H,7-9,14-17H2,1-6H3,(H,35,38)/t18-,19-,20-,24+,32-/m1/s1. The average molecular weight is 632 g/mol. The van der Waals surface area contributed by atoms with Crippen LogP contribution in [0.5, 0.6) is 11.6 Å². The number of likely N-dealkylation sites (tertiary alicyclic amines) is 1. The zero-order valence-electron chi connectivity index (χ0n) is 26.2. The van der Waals surface area contributed by atoms with Gasteiger partial charge in [-0.1, -0.05) is 41.0 Å². The zero-order valence-corrected chi connectivity index (χ0v) is 27.0. The number of rotatable bonds is 11. The highest BCUT2D eigenvalue weighted by Gasteiger charge is 2.61. The topological polar surface area (TPSA) is 132 Å². The summed E-state index contributed by atoms with van der Waals surface area (Å²) in [7, 11) is -2.18. The summed E-state index contributed by atoms with van der Waals surface area (Å²) < 4.78 is 51.6. The Labute approximate surface area is 258 Å². The number of aromatic nitrogens is 1. The molecule has 12 heteroatoms. The Morgan fingerprint density at radius 1 is 1.18 bits per heavy atom. The molecule has 3 aliphatic rings. The van der Waals surface area contributed by atoms with E-state index >= 15 is 0 Å². The fourth-order valence-corrected chi connectivity index (χ4v) is 7.83. The fourth-order valence-electron chi connectivity index (χ4n) is 6.12. The van der Waals surface area contributed by atoms with Crippen molar-refractivity contribution in [2.45, 2.75) is 89.7 Å². The summed E-state index contributed by atoms with van der Waals surface area (Å²) in [5.41, 5.74) is -1.64.